The molecule has 6 heteroatoms. The molecule has 1 aromatic heterocycles. The molecular formula is C20H27N3O3. The van der Waals surface area contributed by atoms with Crippen LogP contribution in [0.25, 0.3) is 0 Å². The molecule has 2 aromatic rings. The quantitative estimate of drug-likeness (QED) is 0.745. The minimum Gasteiger partial charge on any atom is -0.497 e. The van der Waals surface area contributed by atoms with Crippen LogP contribution in [0.2, 0.25) is 0 Å². The summed E-state index contributed by atoms with van der Waals surface area (Å²) in [5, 5.41) is 6.93. The zero-order valence-electron chi connectivity index (χ0n) is 15.7. The third kappa shape index (κ3) is 4.25. The number of amides is 1. The van der Waals surface area contributed by atoms with E-state index in [1.165, 1.54) is 0 Å². The molecule has 1 aromatic carbocycles. The Morgan fingerprint density at radius 2 is 2.12 bits per heavy atom. The summed E-state index contributed by atoms with van der Waals surface area (Å²) in [6.07, 6.45) is 2.24. The lowest BCUT2D eigenvalue weighted by Gasteiger charge is -2.30. The molecule has 140 valence electrons. The first-order valence-corrected chi connectivity index (χ1v) is 9.29. The van der Waals surface area contributed by atoms with Crippen LogP contribution in [0.1, 0.15) is 60.5 Å². The van der Waals surface area contributed by atoms with Crippen molar-refractivity contribution in [1.82, 2.24) is 15.4 Å². The summed E-state index contributed by atoms with van der Waals surface area (Å²) in [7, 11) is 1.66. The second kappa shape index (κ2) is 8.36. The second-order valence-corrected chi connectivity index (χ2v) is 6.61. The molecule has 3 rings (SSSR count). The van der Waals surface area contributed by atoms with Gasteiger partial charge in [-0.25, -0.2) is 0 Å². The van der Waals surface area contributed by atoms with E-state index in [-0.39, 0.29) is 11.9 Å². The van der Waals surface area contributed by atoms with Crippen LogP contribution in [-0.4, -0.2) is 42.7 Å². The van der Waals surface area contributed by atoms with Crippen LogP contribution in [0.5, 0.6) is 5.75 Å². The van der Waals surface area contributed by atoms with Crippen molar-refractivity contribution in [2.45, 2.75) is 38.6 Å². The van der Waals surface area contributed by atoms with E-state index in [1.54, 1.807) is 13.2 Å². The maximum Gasteiger partial charge on any atom is 0.273 e. The van der Waals surface area contributed by atoms with Crippen LogP contribution in [-0.2, 0) is 0 Å². The van der Waals surface area contributed by atoms with E-state index in [2.05, 4.69) is 35.3 Å². The number of benzene rings is 1. The molecule has 1 aliphatic rings. The molecule has 1 fully saturated rings. The third-order valence-corrected chi connectivity index (χ3v) is 4.93. The van der Waals surface area contributed by atoms with Gasteiger partial charge in [0.05, 0.1) is 13.2 Å². The number of rotatable bonds is 9. The molecular weight excluding hydrogens is 330 g/mol. The van der Waals surface area contributed by atoms with Crippen molar-refractivity contribution in [1.29, 1.82) is 0 Å². The predicted octanol–water partition coefficient (Wildman–Crippen LogP) is 3.37. The largest absolute Gasteiger partial charge is 0.497 e. The highest BCUT2D eigenvalue weighted by atomic mass is 16.5. The fourth-order valence-corrected chi connectivity index (χ4v) is 3.21. The summed E-state index contributed by atoms with van der Waals surface area (Å²) in [4.78, 5) is 14.8. The van der Waals surface area contributed by atoms with E-state index in [0.717, 1.165) is 43.0 Å². The summed E-state index contributed by atoms with van der Waals surface area (Å²) in [6.45, 7) is 6.53. The molecule has 6 nitrogen and oxygen atoms in total. The van der Waals surface area contributed by atoms with E-state index in [9.17, 15) is 4.79 Å². The first kappa shape index (κ1) is 18.5. The van der Waals surface area contributed by atoms with Crippen molar-refractivity contribution < 1.29 is 14.1 Å². The maximum atomic E-state index is 12.5. The van der Waals surface area contributed by atoms with Crippen molar-refractivity contribution >= 4 is 5.91 Å². The highest BCUT2D eigenvalue weighted by molar-refractivity contribution is 5.92. The SMILES string of the molecule is CCN(CC)C(CNC(=O)c1cc(C2CC2)on1)c1cccc(OC)c1. The minimum absolute atomic E-state index is 0.0684. The zero-order valence-corrected chi connectivity index (χ0v) is 15.7. The number of carbonyl (C=O) groups is 1. The highest BCUT2D eigenvalue weighted by Gasteiger charge is 2.29. The molecule has 26 heavy (non-hydrogen) atoms. The van der Waals surface area contributed by atoms with Crippen molar-refractivity contribution in [2.75, 3.05) is 26.7 Å². The van der Waals surface area contributed by atoms with Gasteiger partial charge in [-0.1, -0.05) is 31.1 Å². The molecule has 1 heterocycles. The standard InChI is InChI=1S/C20H27N3O3/c1-4-23(5-2)18(15-7-6-8-16(11-15)25-3)13-21-20(24)17-12-19(26-22-17)14-9-10-14/h6-8,11-12,14,18H,4-5,9-10,13H2,1-3H3,(H,21,24). The van der Waals surface area contributed by atoms with Gasteiger partial charge in [-0.15, -0.1) is 0 Å². The predicted molar refractivity (Wildman–Crippen MR) is 99.5 cm³/mol. The Kier molecular flexibility index (Phi) is 5.93. The van der Waals surface area contributed by atoms with Crippen molar-refractivity contribution in [3.05, 3.63) is 47.3 Å². The Morgan fingerprint density at radius 1 is 1.35 bits per heavy atom. The van der Waals surface area contributed by atoms with Gasteiger partial charge in [0.2, 0.25) is 0 Å². The summed E-state index contributed by atoms with van der Waals surface area (Å²) in [6, 6.07) is 9.83. The number of hydrogen-bond donors (Lipinski definition) is 1. The molecule has 0 saturated heterocycles. The average Bonchev–Trinajstić information content (AvgIpc) is 3.41. The van der Waals surface area contributed by atoms with Crippen LogP contribution in [0, 0.1) is 0 Å². The molecule has 0 aliphatic heterocycles. The van der Waals surface area contributed by atoms with Crippen molar-refractivity contribution in [3.8, 4) is 5.75 Å². The van der Waals surface area contributed by atoms with Crippen LogP contribution in [0.3, 0.4) is 0 Å². The number of aromatic nitrogens is 1. The summed E-state index contributed by atoms with van der Waals surface area (Å²) >= 11 is 0. The Balaban J connectivity index is 1.71. The summed E-state index contributed by atoms with van der Waals surface area (Å²) in [5.74, 6) is 1.89. The Labute approximate surface area is 154 Å². The molecule has 1 atom stereocenters. The van der Waals surface area contributed by atoms with E-state index in [0.29, 0.717) is 18.2 Å². The van der Waals surface area contributed by atoms with Gasteiger partial charge in [-0.3, -0.25) is 9.69 Å². The lowest BCUT2D eigenvalue weighted by Crippen LogP contribution is -2.38. The van der Waals surface area contributed by atoms with Crippen LogP contribution < -0.4 is 10.1 Å². The van der Waals surface area contributed by atoms with Gasteiger partial charge in [0.15, 0.2) is 5.69 Å². The Bertz CT molecular complexity index is 735. The van der Waals surface area contributed by atoms with Gasteiger partial charge in [0.1, 0.15) is 11.5 Å². The molecule has 1 N–H and O–H groups in total. The van der Waals surface area contributed by atoms with Crippen molar-refractivity contribution in [3.63, 3.8) is 0 Å². The number of likely N-dealkylation sites (N-methyl/N-ethyl adjacent to an activating group) is 1. The highest BCUT2D eigenvalue weighted by Crippen LogP contribution is 2.40. The number of nitrogens with one attached hydrogen (secondary N) is 1. The molecule has 1 saturated carbocycles. The minimum atomic E-state index is -0.194. The number of hydrogen-bond acceptors (Lipinski definition) is 5. The van der Waals surface area contributed by atoms with Crippen LogP contribution in [0.4, 0.5) is 0 Å². The van der Waals surface area contributed by atoms with Gasteiger partial charge in [-0.2, -0.15) is 0 Å². The number of methoxy groups -OCH3 is 1. The van der Waals surface area contributed by atoms with E-state index in [4.69, 9.17) is 9.26 Å². The van der Waals surface area contributed by atoms with E-state index < -0.39 is 0 Å². The second-order valence-electron chi connectivity index (χ2n) is 6.61. The molecule has 0 radical (unpaired) electrons. The number of carbonyl (C=O) groups excluding carboxylic acids is 1. The van der Waals surface area contributed by atoms with Crippen molar-refractivity contribution in [2.24, 2.45) is 0 Å². The normalized spacial score (nSPS) is 15.1. The Hall–Kier alpha value is -2.34. The average molecular weight is 357 g/mol. The van der Waals surface area contributed by atoms with Gasteiger partial charge in [0.25, 0.3) is 5.91 Å². The first-order valence-electron chi connectivity index (χ1n) is 9.29. The summed E-state index contributed by atoms with van der Waals surface area (Å²) < 4.78 is 10.6. The fraction of sp³-hybridized carbons (Fsp3) is 0.500. The fourth-order valence-electron chi connectivity index (χ4n) is 3.21. The zero-order chi connectivity index (χ0) is 18.5. The molecule has 1 aliphatic carbocycles. The topological polar surface area (TPSA) is 67.6 Å². The van der Waals surface area contributed by atoms with Gasteiger partial charge < -0.3 is 14.6 Å². The maximum absolute atomic E-state index is 12.5. The monoisotopic (exact) mass is 357 g/mol. The van der Waals surface area contributed by atoms with E-state index >= 15 is 0 Å². The Morgan fingerprint density at radius 3 is 2.77 bits per heavy atom. The molecule has 0 spiro atoms. The lowest BCUT2D eigenvalue weighted by atomic mass is 10.0. The molecule has 1 unspecified atom stereocenters. The summed E-state index contributed by atoms with van der Waals surface area (Å²) in [5.41, 5.74) is 1.48. The first-order chi connectivity index (χ1) is 12.7. The lowest BCUT2D eigenvalue weighted by molar-refractivity contribution is 0.0925. The van der Waals surface area contributed by atoms with Gasteiger partial charge >= 0.3 is 0 Å². The van der Waals surface area contributed by atoms with Gasteiger partial charge in [-0.05, 0) is 43.6 Å². The van der Waals surface area contributed by atoms with E-state index in [1.807, 2.05) is 18.2 Å². The molecule has 1 amide bonds. The van der Waals surface area contributed by atoms with Gasteiger partial charge in [0, 0.05) is 18.5 Å². The van der Waals surface area contributed by atoms with Crippen LogP contribution in [0.15, 0.2) is 34.9 Å². The number of ether oxygens (including phenoxy) is 1. The smallest absolute Gasteiger partial charge is 0.273 e. The van der Waals surface area contributed by atoms with Crippen LogP contribution >= 0.6 is 0 Å². The number of nitrogens with zero attached hydrogens (tertiary/aromatic N) is 2. The third-order valence-electron chi connectivity index (χ3n) is 4.93. The molecule has 0 bridgehead atoms.